The second-order valence-corrected chi connectivity index (χ2v) is 9.89. The molecule has 2 aliphatic heterocycles. The first-order valence-corrected chi connectivity index (χ1v) is 13.3. The van der Waals surface area contributed by atoms with Crippen molar-refractivity contribution in [3.63, 3.8) is 0 Å². The van der Waals surface area contributed by atoms with Crippen molar-refractivity contribution in [3.8, 4) is 0 Å². The number of aromatic nitrogens is 2. The second-order valence-electron chi connectivity index (χ2n) is 9.89. The number of aromatic amines is 1. The van der Waals surface area contributed by atoms with Crippen LogP contribution in [-0.2, 0) is 20.8 Å². The fourth-order valence-corrected chi connectivity index (χ4v) is 4.96. The fraction of sp³-hybridized carbons (Fsp3) is 0.310. The fourth-order valence-electron chi connectivity index (χ4n) is 4.96. The zero-order valence-electron chi connectivity index (χ0n) is 22.8. The number of nitrogens with one attached hydrogen (secondary N) is 1. The summed E-state index contributed by atoms with van der Waals surface area (Å²) in [6.45, 7) is 4.81. The van der Waals surface area contributed by atoms with Crippen LogP contribution in [0.25, 0.3) is 10.8 Å². The number of benzene rings is 2. The number of anilines is 1. The van der Waals surface area contributed by atoms with Gasteiger partial charge in [-0.25, -0.2) is 28.8 Å². The monoisotopic (exact) mass is 579 g/mol. The SMILES string of the molecule is CC1C(=O)N(c2cc(Cc3n[nH]c(=O)c4ccccc34)ccc2F)C(=O)N1CCN1CCCC1.O=C(O)/C=C/C(=O)O. The number of aliphatic carboxylic acids is 2. The number of amides is 3. The molecule has 3 amide bonds. The Hall–Kier alpha value is -4.91. The number of fused-ring (bicyclic) bond motifs is 1. The van der Waals surface area contributed by atoms with Crippen LogP contribution < -0.4 is 10.5 Å². The third-order valence-electron chi connectivity index (χ3n) is 7.10. The normalized spacial score (nSPS) is 17.2. The van der Waals surface area contributed by atoms with Crippen molar-refractivity contribution < 1.29 is 33.8 Å². The lowest BCUT2D eigenvalue weighted by atomic mass is 10.0. The van der Waals surface area contributed by atoms with Crippen molar-refractivity contribution in [2.24, 2.45) is 0 Å². The third kappa shape index (κ3) is 6.86. The molecule has 3 aromatic rings. The van der Waals surface area contributed by atoms with Gasteiger partial charge in [0.05, 0.1) is 16.8 Å². The summed E-state index contributed by atoms with van der Waals surface area (Å²) < 4.78 is 14.9. The van der Waals surface area contributed by atoms with E-state index in [2.05, 4.69) is 15.1 Å². The number of hydrogen-bond acceptors (Lipinski definition) is 7. The van der Waals surface area contributed by atoms with Crippen molar-refractivity contribution in [1.29, 1.82) is 0 Å². The van der Waals surface area contributed by atoms with E-state index in [4.69, 9.17) is 10.2 Å². The molecule has 0 bridgehead atoms. The first-order valence-electron chi connectivity index (χ1n) is 13.3. The lowest BCUT2D eigenvalue weighted by Crippen LogP contribution is -2.39. The molecule has 42 heavy (non-hydrogen) atoms. The van der Waals surface area contributed by atoms with E-state index in [1.54, 1.807) is 25.1 Å². The van der Waals surface area contributed by atoms with Crippen LogP contribution in [-0.4, -0.2) is 86.3 Å². The molecular formula is C29H30FN5O7. The Morgan fingerprint density at radius 1 is 1.00 bits per heavy atom. The Morgan fingerprint density at radius 3 is 2.29 bits per heavy atom. The minimum atomic E-state index is -1.26. The molecule has 5 rings (SSSR count). The van der Waals surface area contributed by atoms with Gasteiger partial charge in [0.1, 0.15) is 11.9 Å². The lowest BCUT2D eigenvalue weighted by molar-refractivity contribution is -0.134. The maximum absolute atomic E-state index is 14.9. The van der Waals surface area contributed by atoms with E-state index < -0.39 is 35.7 Å². The number of carbonyl (C=O) groups is 4. The number of imide groups is 1. The maximum atomic E-state index is 14.9. The molecule has 12 nitrogen and oxygen atoms in total. The second kappa shape index (κ2) is 13.2. The molecule has 2 aliphatic rings. The largest absolute Gasteiger partial charge is 0.478 e. The third-order valence-corrected chi connectivity index (χ3v) is 7.10. The smallest absolute Gasteiger partial charge is 0.332 e. The highest BCUT2D eigenvalue weighted by atomic mass is 19.1. The Balaban J connectivity index is 0.000000446. The van der Waals surface area contributed by atoms with Crippen LogP contribution in [0, 0.1) is 5.82 Å². The zero-order valence-corrected chi connectivity index (χ0v) is 22.8. The van der Waals surface area contributed by atoms with Crippen LogP contribution in [0.3, 0.4) is 0 Å². The summed E-state index contributed by atoms with van der Waals surface area (Å²) in [6.07, 6.45) is 3.71. The van der Waals surface area contributed by atoms with Crippen LogP contribution in [0.4, 0.5) is 14.9 Å². The Kier molecular flexibility index (Phi) is 9.42. The summed E-state index contributed by atoms with van der Waals surface area (Å²) in [5, 5.41) is 23.5. The first-order chi connectivity index (χ1) is 20.1. The lowest BCUT2D eigenvalue weighted by Gasteiger charge is -2.23. The minimum Gasteiger partial charge on any atom is -0.478 e. The molecule has 3 heterocycles. The number of halogens is 1. The topological polar surface area (TPSA) is 164 Å². The molecule has 2 fully saturated rings. The number of rotatable bonds is 8. The standard InChI is InChI=1S/C25H26FN5O3.C4H4O4/c1-16-24(33)31(25(34)30(16)13-12-29-10-4-5-11-29)22-15-17(8-9-20(22)26)14-21-18-6-2-3-7-19(18)23(32)28-27-21;5-3(6)1-2-4(7)8/h2-3,6-9,15-16H,4-5,10-14H2,1H3,(H,28,32);1-2H,(H,5,6)(H,7,8)/b;2-1+. The first kappa shape index (κ1) is 30.1. The molecule has 13 heteroatoms. The average molecular weight is 580 g/mol. The summed E-state index contributed by atoms with van der Waals surface area (Å²) in [5.74, 6) is -3.59. The van der Waals surface area contributed by atoms with Gasteiger partial charge >= 0.3 is 18.0 Å². The highest BCUT2D eigenvalue weighted by Crippen LogP contribution is 2.29. The highest BCUT2D eigenvalue weighted by Gasteiger charge is 2.44. The molecule has 3 N–H and O–H groups in total. The van der Waals surface area contributed by atoms with Gasteiger partial charge in [-0.05, 0) is 56.6 Å². The number of likely N-dealkylation sites (tertiary alicyclic amines) is 1. The van der Waals surface area contributed by atoms with Crippen LogP contribution in [0.2, 0.25) is 0 Å². The van der Waals surface area contributed by atoms with E-state index in [9.17, 15) is 28.4 Å². The van der Waals surface area contributed by atoms with Crippen LogP contribution in [0.1, 0.15) is 31.0 Å². The summed E-state index contributed by atoms with van der Waals surface area (Å²) in [5.41, 5.74) is 0.949. The summed E-state index contributed by atoms with van der Waals surface area (Å²) in [6, 6.07) is 10.4. The summed E-state index contributed by atoms with van der Waals surface area (Å²) in [4.78, 5) is 62.1. The van der Waals surface area contributed by atoms with Crippen LogP contribution >= 0.6 is 0 Å². The molecule has 0 aliphatic carbocycles. The van der Waals surface area contributed by atoms with Crippen LogP contribution in [0.15, 0.2) is 59.4 Å². The molecular weight excluding hydrogens is 549 g/mol. The molecule has 0 spiro atoms. The molecule has 1 atom stereocenters. The van der Waals surface area contributed by atoms with E-state index in [0.717, 1.165) is 30.8 Å². The van der Waals surface area contributed by atoms with Gasteiger partial charge in [0, 0.05) is 37.0 Å². The molecule has 0 radical (unpaired) electrons. The molecule has 220 valence electrons. The molecule has 0 saturated carbocycles. The van der Waals surface area contributed by atoms with Gasteiger partial charge in [0.25, 0.3) is 11.5 Å². The number of urea groups is 1. The predicted octanol–water partition coefficient (Wildman–Crippen LogP) is 2.62. The number of nitrogens with zero attached hydrogens (tertiary/aromatic N) is 4. The quantitative estimate of drug-likeness (QED) is 0.269. The maximum Gasteiger partial charge on any atom is 0.332 e. The van der Waals surface area contributed by atoms with E-state index >= 15 is 0 Å². The molecule has 2 saturated heterocycles. The number of carbonyl (C=O) groups excluding carboxylic acids is 2. The van der Waals surface area contributed by atoms with Gasteiger partial charge < -0.3 is 20.0 Å². The Bertz CT molecular complexity index is 1580. The highest BCUT2D eigenvalue weighted by molar-refractivity contribution is 6.21. The van der Waals surface area contributed by atoms with Gasteiger partial charge in [-0.15, -0.1) is 0 Å². The molecule has 1 unspecified atom stereocenters. The number of carboxylic acids is 2. The van der Waals surface area contributed by atoms with Crippen molar-refractivity contribution in [1.82, 2.24) is 20.0 Å². The molecule has 1 aromatic heterocycles. The van der Waals surface area contributed by atoms with Gasteiger partial charge in [-0.1, -0.05) is 24.3 Å². The Labute approximate surface area is 239 Å². The van der Waals surface area contributed by atoms with Crippen LogP contribution in [0.5, 0.6) is 0 Å². The van der Waals surface area contributed by atoms with Crippen molar-refractivity contribution >= 4 is 40.3 Å². The number of carboxylic acid groups (broad SMARTS) is 2. The van der Waals surface area contributed by atoms with Gasteiger partial charge in [0.15, 0.2) is 0 Å². The van der Waals surface area contributed by atoms with E-state index in [1.807, 2.05) is 12.1 Å². The minimum absolute atomic E-state index is 0.0586. The van der Waals surface area contributed by atoms with Crippen molar-refractivity contribution in [3.05, 3.63) is 82.0 Å². The van der Waals surface area contributed by atoms with E-state index in [1.165, 1.54) is 17.0 Å². The molecule has 2 aromatic carbocycles. The van der Waals surface area contributed by atoms with E-state index in [-0.39, 0.29) is 11.2 Å². The van der Waals surface area contributed by atoms with Crippen molar-refractivity contribution in [2.75, 3.05) is 31.1 Å². The average Bonchev–Trinajstić information content (AvgIpc) is 3.56. The number of hydrogen-bond donors (Lipinski definition) is 3. The summed E-state index contributed by atoms with van der Waals surface area (Å²) >= 11 is 0. The summed E-state index contributed by atoms with van der Waals surface area (Å²) in [7, 11) is 0. The van der Waals surface area contributed by atoms with Gasteiger partial charge in [-0.3, -0.25) is 9.59 Å². The number of H-pyrrole nitrogens is 1. The van der Waals surface area contributed by atoms with E-state index in [0.29, 0.717) is 53.7 Å². The van der Waals surface area contributed by atoms with Crippen molar-refractivity contribution in [2.45, 2.75) is 32.2 Å². The predicted molar refractivity (Wildman–Crippen MR) is 151 cm³/mol. The van der Waals surface area contributed by atoms with Gasteiger partial charge in [-0.2, -0.15) is 5.10 Å². The zero-order chi connectivity index (χ0) is 30.4. The Morgan fingerprint density at radius 2 is 1.64 bits per heavy atom. The van der Waals surface area contributed by atoms with Gasteiger partial charge in [0.2, 0.25) is 0 Å².